The van der Waals surface area contributed by atoms with Crippen LogP contribution in [0.1, 0.15) is 38.6 Å². The molecule has 0 unspecified atom stereocenters. The minimum absolute atomic E-state index is 0.108. The molecule has 0 saturated heterocycles. The van der Waals surface area contributed by atoms with E-state index in [-0.39, 0.29) is 5.69 Å². The first-order valence-electron chi connectivity index (χ1n) is 12.2. The highest BCUT2D eigenvalue weighted by atomic mass is 16.1. The van der Waals surface area contributed by atoms with Gasteiger partial charge in [-0.2, -0.15) is 5.21 Å². The number of imidazole rings is 2. The van der Waals surface area contributed by atoms with Gasteiger partial charge < -0.3 is 4.57 Å². The molecule has 10 heteroatoms. The molecule has 0 fully saturated rings. The zero-order valence-corrected chi connectivity index (χ0v) is 20.7. The van der Waals surface area contributed by atoms with E-state index in [1.807, 2.05) is 59.6 Å². The lowest BCUT2D eigenvalue weighted by molar-refractivity contribution is 0.513. The van der Waals surface area contributed by atoms with Gasteiger partial charge in [0, 0.05) is 48.2 Å². The van der Waals surface area contributed by atoms with Gasteiger partial charge >= 0.3 is 5.69 Å². The van der Waals surface area contributed by atoms with E-state index < -0.39 is 0 Å². The van der Waals surface area contributed by atoms with Gasteiger partial charge in [-0.15, -0.1) is 10.2 Å². The Balaban J connectivity index is 1.46. The molecule has 0 spiro atoms. The largest absolute Gasteiger partial charge is 0.335 e. The highest BCUT2D eigenvalue weighted by molar-refractivity contribution is 5.79. The molecule has 10 nitrogen and oxygen atoms in total. The number of aryl methyl sites for hydroxylation is 1. The van der Waals surface area contributed by atoms with Crippen LogP contribution in [0.25, 0.3) is 28.5 Å². The number of aromatic amines is 1. The zero-order valence-electron chi connectivity index (χ0n) is 20.7. The molecular formula is C26H29N9O. The van der Waals surface area contributed by atoms with E-state index in [9.17, 15) is 4.79 Å². The molecule has 4 heterocycles. The van der Waals surface area contributed by atoms with Crippen LogP contribution in [0, 0.1) is 5.92 Å². The van der Waals surface area contributed by atoms with E-state index in [0.717, 1.165) is 47.5 Å². The van der Waals surface area contributed by atoms with Crippen molar-refractivity contribution in [2.75, 3.05) is 0 Å². The number of hydrogen-bond acceptors (Lipinski definition) is 6. The number of aromatic nitrogens is 9. The van der Waals surface area contributed by atoms with Gasteiger partial charge in [-0.25, -0.2) is 14.3 Å². The van der Waals surface area contributed by atoms with Gasteiger partial charge in [0.05, 0.1) is 12.2 Å². The molecule has 0 amide bonds. The number of hydrogen-bond donors (Lipinski definition) is 1. The molecule has 36 heavy (non-hydrogen) atoms. The Morgan fingerprint density at radius 3 is 2.58 bits per heavy atom. The topological polar surface area (TPSA) is 112 Å². The van der Waals surface area contributed by atoms with E-state index in [1.165, 1.54) is 0 Å². The number of H-pyrrole nitrogens is 1. The van der Waals surface area contributed by atoms with E-state index in [2.05, 4.69) is 51.4 Å². The smallest absolute Gasteiger partial charge is 0.316 e. The van der Waals surface area contributed by atoms with Crippen LogP contribution in [-0.2, 0) is 19.5 Å². The summed E-state index contributed by atoms with van der Waals surface area (Å²) in [5.74, 6) is 1.62. The van der Waals surface area contributed by atoms with Gasteiger partial charge in [-0.3, -0.25) is 9.55 Å². The summed E-state index contributed by atoms with van der Waals surface area (Å²) in [7, 11) is 0. The number of tetrazole rings is 1. The maximum absolute atomic E-state index is 13.5. The standard InChI is InChI=1S/C26H29N9O/c1-4-7-21-17-35(25-27-12-13-33(25)15-18(2)3)26(36)34(21)16-20-11-10-19(14-28-20)22-8-5-6-9-23(22)24-29-31-32-30-24/h5-6,8-14,17-18H,4,7,15-16H2,1-3H3,(H,29,30,31,32). The lowest BCUT2D eigenvalue weighted by atomic mass is 10.0. The molecule has 0 aliphatic carbocycles. The first-order valence-corrected chi connectivity index (χ1v) is 12.2. The molecule has 0 radical (unpaired) electrons. The summed E-state index contributed by atoms with van der Waals surface area (Å²) in [5, 5.41) is 14.4. The summed E-state index contributed by atoms with van der Waals surface area (Å²) in [5.41, 5.74) is 4.44. The molecule has 1 aromatic carbocycles. The summed E-state index contributed by atoms with van der Waals surface area (Å²) in [6, 6.07) is 11.8. The van der Waals surface area contributed by atoms with Crippen LogP contribution in [0.15, 0.2) is 66.0 Å². The van der Waals surface area contributed by atoms with Crippen molar-refractivity contribution < 1.29 is 0 Å². The Kier molecular flexibility index (Phi) is 6.57. The molecule has 5 rings (SSSR count). The number of nitrogens with zero attached hydrogens (tertiary/aromatic N) is 8. The summed E-state index contributed by atoms with van der Waals surface area (Å²) >= 11 is 0. The van der Waals surface area contributed by atoms with Crippen molar-refractivity contribution in [3.8, 4) is 28.5 Å². The number of benzene rings is 1. The lowest BCUT2D eigenvalue weighted by Gasteiger charge is -2.10. The first-order chi connectivity index (χ1) is 17.5. The van der Waals surface area contributed by atoms with Crippen molar-refractivity contribution in [2.24, 2.45) is 5.92 Å². The minimum atomic E-state index is -0.108. The fourth-order valence-corrected chi connectivity index (χ4v) is 4.40. The van der Waals surface area contributed by atoms with Crippen LogP contribution >= 0.6 is 0 Å². The molecular weight excluding hydrogens is 454 g/mol. The Morgan fingerprint density at radius 1 is 1.06 bits per heavy atom. The van der Waals surface area contributed by atoms with Crippen molar-refractivity contribution in [1.82, 2.24) is 44.3 Å². The van der Waals surface area contributed by atoms with Gasteiger partial charge in [0.25, 0.3) is 0 Å². The lowest BCUT2D eigenvalue weighted by Crippen LogP contribution is -2.27. The SMILES string of the molecule is CCCc1cn(-c2nccn2CC(C)C)c(=O)n1Cc1ccc(-c2ccccc2-c2nn[nH]n2)cn1. The quantitative estimate of drug-likeness (QED) is 0.342. The fourth-order valence-electron chi connectivity index (χ4n) is 4.40. The van der Waals surface area contributed by atoms with Gasteiger partial charge in [-0.05, 0) is 29.2 Å². The zero-order chi connectivity index (χ0) is 25.1. The van der Waals surface area contributed by atoms with E-state index in [0.29, 0.717) is 24.2 Å². The van der Waals surface area contributed by atoms with Crippen LogP contribution < -0.4 is 5.69 Å². The highest BCUT2D eigenvalue weighted by Gasteiger charge is 2.17. The number of pyridine rings is 1. The van der Waals surface area contributed by atoms with E-state index in [1.54, 1.807) is 15.3 Å². The average molecular weight is 484 g/mol. The molecule has 0 bridgehead atoms. The molecule has 0 saturated carbocycles. The van der Waals surface area contributed by atoms with Crippen LogP contribution in [0.5, 0.6) is 0 Å². The Bertz CT molecular complexity index is 1490. The molecule has 5 aromatic rings. The van der Waals surface area contributed by atoms with Gasteiger partial charge in [0.2, 0.25) is 11.8 Å². The van der Waals surface area contributed by atoms with Crippen molar-refractivity contribution >= 4 is 0 Å². The Hall–Kier alpha value is -4.34. The van der Waals surface area contributed by atoms with Gasteiger partial charge in [0.15, 0.2) is 0 Å². The normalized spacial score (nSPS) is 11.4. The maximum atomic E-state index is 13.5. The van der Waals surface area contributed by atoms with Gasteiger partial charge in [-0.1, -0.05) is 57.5 Å². The second-order valence-corrected chi connectivity index (χ2v) is 9.20. The molecule has 4 aromatic heterocycles. The van der Waals surface area contributed by atoms with Crippen molar-refractivity contribution in [2.45, 2.75) is 46.7 Å². The summed E-state index contributed by atoms with van der Waals surface area (Å²) in [6.45, 7) is 7.59. The third kappa shape index (κ3) is 4.61. The average Bonchev–Trinajstić information content (AvgIpc) is 3.63. The molecule has 0 atom stereocenters. The maximum Gasteiger partial charge on any atom is 0.335 e. The monoisotopic (exact) mass is 483 g/mol. The van der Waals surface area contributed by atoms with Crippen LogP contribution in [-0.4, -0.2) is 44.3 Å². The van der Waals surface area contributed by atoms with Crippen molar-refractivity contribution in [3.63, 3.8) is 0 Å². The predicted octanol–water partition coefficient (Wildman–Crippen LogP) is 3.73. The second-order valence-electron chi connectivity index (χ2n) is 9.20. The fraction of sp³-hybridized carbons (Fsp3) is 0.308. The second kappa shape index (κ2) is 10.1. The van der Waals surface area contributed by atoms with Crippen molar-refractivity contribution in [1.29, 1.82) is 0 Å². The Labute approximate surface area is 208 Å². The number of rotatable bonds is 9. The molecule has 184 valence electrons. The third-order valence-corrected chi connectivity index (χ3v) is 6.01. The van der Waals surface area contributed by atoms with Crippen LogP contribution in [0.2, 0.25) is 0 Å². The Morgan fingerprint density at radius 2 is 1.89 bits per heavy atom. The predicted molar refractivity (Wildman–Crippen MR) is 137 cm³/mol. The van der Waals surface area contributed by atoms with Crippen LogP contribution in [0.4, 0.5) is 0 Å². The number of nitrogens with one attached hydrogen (secondary N) is 1. The van der Waals surface area contributed by atoms with Crippen LogP contribution in [0.3, 0.4) is 0 Å². The highest BCUT2D eigenvalue weighted by Crippen LogP contribution is 2.29. The molecule has 1 N–H and O–H groups in total. The van der Waals surface area contributed by atoms with Gasteiger partial charge in [0.1, 0.15) is 0 Å². The summed E-state index contributed by atoms with van der Waals surface area (Å²) in [6.07, 6.45) is 9.14. The molecule has 0 aliphatic rings. The first kappa shape index (κ1) is 23.4. The van der Waals surface area contributed by atoms with E-state index in [4.69, 9.17) is 0 Å². The van der Waals surface area contributed by atoms with E-state index >= 15 is 0 Å². The summed E-state index contributed by atoms with van der Waals surface area (Å²) in [4.78, 5) is 22.7. The minimum Gasteiger partial charge on any atom is -0.316 e. The summed E-state index contributed by atoms with van der Waals surface area (Å²) < 4.78 is 5.48. The third-order valence-electron chi connectivity index (χ3n) is 6.01. The van der Waals surface area contributed by atoms with Crippen molar-refractivity contribution in [3.05, 3.63) is 83.1 Å². The molecule has 0 aliphatic heterocycles.